The number of carbonyl (C=O) groups is 1. The van der Waals surface area contributed by atoms with Gasteiger partial charge in [-0.05, 0) is 38.4 Å². The van der Waals surface area contributed by atoms with Crippen LogP contribution in [0.3, 0.4) is 0 Å². The molecule has 5 aliphatic rings. The Labute approximate surface area is 202 Å². The zero-order valence-electron chi connectivity index (χ0n) is 20.1. The Kier molecular flexibility index (Phi) is 4.99. The molecule has 3 saturated heterocycles. The second-order valence-electron chi connectivity index (χ2n) is 10.1. The average molecular weight is 489 g/mol. The first-order valence-corrected chi connectivity index (χ1v) is 11.8. The van der Waals surface area contributed by atoms with Crippen LogP contribution in [0.4, 0.5) is 4.53 Å². The van der Waals surface area contributed by atoms with Crippen LogP contribution >= 0.6 is 0 Å². The highest BCUT2D eigenvalue weighted by molar-refractivity contribution is 6.06. The van der Waals surface area contributed by atoms with Gasteiger partial charge in [0, 0.05) is 46.3 Å². The molecule has 4 heterocycles. The van der Waals surface area contributed by atoms with Gasteiger partial charge in [-0.3, -0.25) is 19.5 Å². The summed E-state index contributed by atoms with van der Waals surface area (Å²) in [7, 11) is 3.44. The minimum Gasteiger partial charge on any atom is -0.492 e. The Balaban J connectivity index is 1.55. The van der Waals surface area contributed by atoms with E-state index < -0.39 is 29.5 Å². The number of hydrogen-bond donors (Lipinski definition) is 2. The maximum Gasteiger partial charge on any atom is 0.231 e. The molecule has 4 aliphatic heterocycles. The molecule has 0 amide bonds. The number of piperidine rings is 1. The molecule has 6 rings (SSSR count). The van der Waals surface area contributed by atoms with Gasteiger partial charge in [0.05, 0.1) is 25.8 Å². The normalized spacial score (nSPS) is 34.0. The molecule has 1 aromatic rings. The summed E-state index contributed by atoms with van der Waals surface area (Å²) in [6.45, 7) is 3.69. The smallest absolute Gasteiger partial charge is 0.231 e. The number of aryl methyl sites for hydroxylation is 1. The van der Waals surface area contributed by atoms with Gasteiger partial charge in [-0.15, -0.1) is 0 Å². The van der Waals surface area contributed by atoms with Crippen LogP contribution in [0.25, 0.3) is 0 Å². The zero-order chi connectivity index (χ0) is 24.8. The molecule has 5 unspecified atom stereocenters. The Bertz CT molecular complexity index is 1200. The largest absolute Gasteiger partial charge is 0.492 e. The zero-order valence-corrected chi connectivity index (χ0v) is 20.1. The third-order valence-electron chi connectivity index (χ3n) is 8.58. The summed E-state index contributed by atoms with van der Waals surface area (Å²) in [6, 6.07) is 0.601. The topological polar surface area (TPSA) is 101 Å². The lowest BCUT2D eigenvalue weighted by atomic mass is 9.66. The fraction of sp³-hybridized carbons (Fsp3) is 0.560. The third-order valence-corrected chi connectivity index (χ3v) is 8.58. The van der Waals surface area contributed by atoms with E-state index in [9.17, 15) is 19.5 Å². The van der Waals surface area contributed by atoms with E-state index in [-0.39, 0.29) is 31.6 Å². The summed E-state index contributed by atoms with van der Waals surface area (Å²) in [5.41, 5.74) is 1.16. The fourth-order valence-electron chi connectivity index (χ4n) is 7.08. The van der Waals surface area contributed by atoms with Crippen molar-refractivity contribution in [2.24, 2.45) is 0 Å². The van der Waals surface area contributed by atoms with E-state index in [1.807, 2.05) is 20.0 Å². The van der Waals surface area contributed by atoms with E-state index in [2.05, 4.69) is 14.7 Å². The lowest BCUT2D eigenvalue weighted by Crippen LogP contribution is -2.71. The van der Waals surface area contributed by atoms with E-state index >= 15 is 0 Å². The molecule has 2 bridgehead atoms. The lowest BCUT2D eigenvalue weighted by Gasteiger charge is -2.60. The lowest BCUT2D eigenvalue weighted by molar-refractivity contribution is -0.146. The number of carbonyl (C=O) groups excluding carboxylic acids is 1. The number of halogens is 1. The van der Waals surface area contributed by atoms with Crippen LogP contribution in [-0.2, 0) is 20.7 Å². The molecule has 35 heavy (non-hydrogen) atoms. The molecule has 10 heteroatoms. The number of hydrogen-bond acceptors (Lipinski definition) is 9. The number of methoxy groups -OCH3 is 1. The maximum absolute atomic E-state index is 14.1. The Morgan fingerprint density at radius 2 is 2.00 bits per heavy atom. The van der Waals surface area contributed by atoms with Crippen molar-refractivity contribution in [2.75, 3.05) is 34.1 Å². The molecule has 2 N–H and O–H groups in total. The van der Waals surface area contributed by atoms with Gasteiger partial charge >= 0.3 is 0 Å². The molecule has 0 saturated carbocycles. The molecule has 1 aliphatic carbocycles. The molecule has 0 aromatic heterocycles. The van der Waals surface area contributed by atoms with Gasteiger partial charge in [0.25, 0.3) is 0 Å². The molecular formula is C25H29FN2O7. The number of aliphatic hydroxyl groups is 2. The second kappa shape index (κ2) is 7.67. The number of benzene rings is 1. The summed E-state index contributed by atoms with van der Waals surface area (Å²) in [6.07, 6.45) is 0.710. The van der Waals surface area contributed by atoms with Gasteiger partial charge in [-0.2, -0.15) is 0 Å². The van der Waals surface area contributed by atoms with Gasteiger partial charge in [0.15, 0.2) is 28.7 Å². The van der Waals surface area contributed by atoms with Crippen LogP contribution < -0.4 is 9.68 Å². The number of ether oxygens (including phenoxy) is 3. The first-order valence-electron chi connectivity index (χ1n) is 11.8. The van der Waals surface area contributed by atoms with Crippen molar-refractivity contribution < 1.29 is 38.7 Å². The number of Topliss-reactive ketones (excluding diaryl/α,β-unsaturated/α-hetero) is 1. The van der Waals surface area contributed by atoms with Gasteiger partial charge in [-0.25, -0.2) is 0 Å². The average Bonchev–Trinajstić information content (AvgIpc) is 3.31. The fourth-order valence-corrected chi connectivity index (χ4v) is 7.08. The number of fused-ring (bicyclic) bond motifs is 8. The number of piperazine rings is 1. The Morgan fingerprint density at radius 1 is 1.26 bits per heavy atom. The van der Waals surface area contributed by atoms with Crippen LogP contribution in [0.1, 0.15) is 36.1 Å². The first-order chi connectivity index (χ1) is 16.8. The van der Waals surface area contributed by atoms with E-state index in [0.717, 1.165) is 11.1 Å². The highest BCUT2D eigenvalue weighted by Gasteiger charge is 2.62. The summed E-state index contributed by atoms with van der Waals surface area (Å²) in [5, 5.41) is 22.5. The molecule has 5 atom stereocenters. The number of ketones is 1. The number of nitrogens with zero attached hydrogens (tertiary/aromatic N) is 2. The van der Waals surface area contributed by atoms with E-state index in [1.54, 1.807) is 6.92 Å². The molecular weight excluding hydrogens is 459 g/mol. The number of rotatable bonds is 3. The molecule has 9 nitrogen and oxygen atoms in total. The standard InChI is InChI=1S/C25H29FN2O7/c1-11-5-13-6-14-8-28-15(19(27(14)3)17(13)22(35-26)20(11)32-4)7-25(31)18(16(28)9-29)23-21(33-10-34-23)12(2)24(25)30/h5,14-16,19,29,31H,6-10H2,1-4H3. The van der Waals surface area contributed by atoms with Gasteiger partial charge in [0.2, 0.25) is 12.5 Å². The van der Waals surface area contributed by atoms with Crippen molar-refractivity contribution in [3.63, 3.8) is 0 Å². The van der Waals surface area contributed by atoms with Crippen LogP contribution in [0.5, 0.6) is 11.5 Å². The summed E-state index contributed by atoms with van der Waals surface area (Å²) < 4.78 is 30.8. The Hall–Kier alpha value is -2.66. The molecule has 0 radical (unpaired) electrons. The van der Waals surface area contributed by atoms with Crippen molar-refractivity contribution in [1.82, 2.24) is 9.80 Å². The van der Waals surface area contributed by atoms with Gasteiger partial charge in [-0.1, -0.05) is 6.07 Å². The van der Waals surface area contributed by atoms with Crippen LogP contribution in [0.15, 0.2) is 28.7 Å². The minimum atomic E-state index is -1.87. The molecule has 188 valence electrons. The number of aliphatic hydroxyl groups excluding tert-OH is 1. The minimum absolute atomic E-state index is 0.0252. The van der Waals surface area contributed by atoms with Gasteiger partial charge in [0.1, 0.15) is 0 Å². The summed E-state index contributed by atoms with van der Waals surface area (Å²) in [4.78, 5) is 22.2. The van der Waals surface area contributed by atoms with E-state index in [4.69, 9.17) is 14.2 Å². The van der Waals surface area contributed by atoms with Crippen LogP contribution in [0.2, 0.25) is 0 Å². The number of likely N-dealkylation sites (N-methyl/N-ethyl adjacent to an activating group) is 1. The van der Waals surface area contributed by atoms with Crippen LogP contribution in [0, 0.1) is 6.92 Å². The first kappa shape index (κ1) is 22.8. The van der Waals surface area contributed by atoms with Crippen molar-refractivity contribution in [3.8, 4) is 11.5 Å². The molecule has 3 fully saturated rings. The maximum atomic E-state index is 14.1. The van der Waals surface area contributed by atoms with Crippen molar-refractivity contribution in [1.29, 1.82) is 0 Å². The SMILES string of the molecule is COc1c(C)cc2c(c1OF)C1C3CC4(O)C(=O)C(C)=C5OCOC5=C4C(CO)N3CC(C2)N1C. The monoisotopic (exact) mass is 488 g/mol. The second-order valence-corrected chi connectivity index (χ2v) is 10.1. The van der Waals surface area contributed by atoms with E-state index in [1.165, 1.54) is 7.11 Å². The summed E-state index contributed by atoms with van der Waals surface area (Å²) >= 11 is 0. The predicted octanol–water partition coefficient (Wildman–Crippen LogP) is 1.46. The molecule has 1 aromatic carbocycles. The Morgan fingerprint density at radius 3 is 2.69 bits per heavy atom. The van der Waals surface area contributed by atoms with E-state index in [0.29, 0.717) is 46.9 Å². The highest BCUT2D eigenvalue weighted by atomic mass is 19.3. The van der Waals surface area contributed by atoms with Crippen LogP contribution in [-0.4, -0.2) is 83.6 Å². The van der Waals surface area contributed by atoms with Crippen molar-refractivity contribution in [2.45, 2.75) is 56.5 Å². The van der Waals surface area contributed by atoms with Gasteiger partial charge < -0.3 is 24.4 Å². The molecule has 0 spiro atoms. The highest BCUT2D eigenvalue weighted by Crippen LogP contribution is 2.55. The van der Waals surface area contributed by atoms with Crippen molar-refractivity contribution >= 4 is 5.78 Å². The summed E-state index contributed by atoms with van der Waals surface area (Å²) in [5.74, 6) is 0.562. The van der Waals surface area contributed by atoms with Crippen molar-refractivity contribution in [3.05, 3.63) is 45.4 Å². The quantitative estimate of drug-likeness (QED) is 0.655. The predicted molar refractivity (Wildman–Crippen MR) is 120 cm³/mol. The third kappa shape index (κ3) is 2.79.